The maximum absolute atomic E-state index is 6.77. The van der Waals surface area contributed by atoms with Crippen LogP contribution in [0.2, 0.25) is 0 Å². The van der Waals surface area contributed by atoms with Crippen molar-refractivity contribution in [3.8, 4) is 0 Å². The van der Waals surface area contributed by atoms with E-state index in [1.807, 2.05) is 27.7 Å². The van der Waals surface area contributed by atoms with Crippen molar-refractivity contribution in [3.63, 3.8) is 0 Å². The van der Waals surface area contributed by atoms with E-state index in [1.54, 1.807) is 0 Å². The SMILES string of the molecule is CCCCCCC(OCC)(OCC)C(OCCC)OC(OCCC)C(CCCCCC)(OCC)OCC. The summed E-state index contributed by atoms with van der Waals surface area (Å²) in [6, 6.07) is 0. The van der Waals surface area contributed by atoms with Gasteiger partial charge in [0.15, 0.2) is 0 Å². The van der Waals surface area contributed by atoms with E-state index in [-0.39, 0.29) is 0 Å². The molecule has 0 saturated carbocycles. The first kappa shape index (κ1) is 36.7. The molecule has 0 saturated heterocycles. The molecule has 2 unspecified atom stereocenters. The summed E-state index contributed by atoms with van der Waals surface area (Å²) in [5.74, 6) is -2.07. The van der Waals surface area contributed by atoms with E-state index in [9.17, 15) is 0 Å². The van der Waals surface area contributed by atoms with Crippen LogP contribution in [0.15, 0.2) is 0 Å². The van der Waals surface area contributed by atoms with Gasteiger partial charge in [0, 0.05) is 52.5 Å². The highest BCUT2D eigenvalue weighted by atomic mass is 16.8. The molecule has 0 aliphatic heterocycles. The molecule has 0 aliphatic carbocycles. The average molecular weight is 535 g/mol. The molecule has 224 valence electrons. The van der Waals surface area contributed by atoms with Gasteiger partial charge < -0.3 is 33.2 Å². The zero-order valence-corrected chi connectivity index (χ0v) is 25.7. The van der Waals surface area contributed by atoms with E-state index in [0.29, 0.717) is 52.5 Å². The molecule has 0 aliphatic rings. The monoisotopic (exact) mass is 534 g/mol. The van der Waals surface area contributed by atoms with Gasteiger partial charge in [0.25, 0.3) is 0 Å². The Morgan fingerprint density at radius 2 is 0.784 bits per heavy atom. The number of ether oxygens (including phenoxy) is 7. The van der Waals surface area contributed by atoms with Crippen LogP contribution in [-0.4, -0.2) is 63.8 Å². The Bertz CT molecular complexity index is 435. The molecule has 0 aromatic heterocycles. The van der Waals surface area contributed by atoms with Crippen molar-refractivity contribution in [1.29, 1.82) is 0 Å². The highest BCUT2D eigenvalue weighted by Gasteiger charge is 2.49. The van der Waals surface area contributed by atoms with Crippen LogP contribution in [0.1, 0.15) is 132 Å². The minimum atomic E-state index is -1.04. The Morgan fingerprint density at radius 3 is 1.05 bits per heavy atom. The minimum Gasteiger partial charge on any atom is -0.348 e. The molecule has 37 heavy (non-hydrogen) atoms. The van der Waals surface area contributed by atoms with E-state index >= 15 is 0 Å². The zero-order valence-electron chi connectivity index (χ0n) is 25.7. The largest absolute Gasteiger partial charge is 0.348 e. The quantitative estimate of drug-likeness (QED) is 0.0744. The first-order valence-corrected chi connectivity index (χ1v) is 15.4. The number of hydrogen-bond donors (Lipinski definition) is 0. The second-order valence-electron chi connectivity index (χ2n) is 9.52. The third-order valence-electron chi connectivity index (χ3n) is 6.22. The van der Waals surface area contributed by atoms with Gasteiger partial charge in [-0.2, -0.15) is 0 Å². The third kappa shape index (κ3) is 14.1. The van der Waals surface area contributed by atoms with Crippen LogP contribution < -0.4 is 0 Å². The Morgan fingerprint density at radius 1 is 0.432 bits per heavy atom. The van der Waals surface area contributed by atoms with E-state index in [1.165, 1.54) is 25.7 Å². The number of rotatable bonds is 28. The summed E-state index contributed by atoms with van der Waals surface area (Å²) in [7, 11) is 0. The highest BCUT2D eigenvalue weighted by molar-refractivity contribution is 4.81. The van der Waals surface area contributed by atoms with Gasteiger partial charge in [0.05, 0.1) is 0 Å². The summed E-state index contributed by atoms with van der Waals surface area (Å²) in [6.45, 7) is 19.5. The fourth-order valence-corrected chi connectivity index (χ4v) is 4.56. The third-order valence-corrected chi connectivity index (χ3v) is 6.22. The number of unbranched alkanes of at least 4 members (excludes halogenated alkanes) is 6. The predicted octanol–water partition coefficient (Wildman–Crippen LogP) is 7.99. The summed E-state index contributed by atoms with van der Waals surface area (Å²) in [5.41, 5.74) is 0. The van der Waals surface area contributed by atoms with Crippen LogP contribution in [0, 0.1) is 0 Å². The summed E-state index contributed by atoms with van der Waals surface area (Å²) in [6.07, 6.45) is 10.3. The molecule has 0 aromatic rings. The average Bonchev–Trinajstić information content (AvgIpc) is 2.89. The van der Waals surface area contributed by atoms with Crippen molar-refractivity contribution in [1.82, 2.24) is 0 Å². The van der Waals surface area contributed by atoms with E-state index in [4.69, 9.17) is 33.2 Å². The van der Waals surface area contributed by atoms with Crippen LogP contribution >= 0.6 is 0 Å². The molecule has 0 bridgehead atoms. The molecule has 0 fully saturated rings. The van der Waals surface area contributed by atoms with Gasteiger partial charge in [0.1, 0.15) is 0 Å². The van der Waals surface area contributed by atoms with Gasteiger partial charge >= 0.3 is 0 Å². The Hall–Kier alpha value is -0.280. The van der Waals surface area contributed by atoms with Crippen molar-refractivity contribution in [3.05, 3.63) is 0 Å². The minimum absolute atomic E-state index is 0.489. The Kier molecular flexibility index (Phi) is 23.4. The molecule has 0 amide bonds. The standard InChI is InChI=1S/C30H62O7/c1-9-17-19-21-23-29(33-13-5,34-14-6)27(31-25-11-3)37-28(32-26-12-4)30(35-15-7,36-16-8)24-22-20-18-10-2/h27-28H,9-26H2,1-8H3. The van der Waals surface area contributed by atoms with Crippen LogP contribution in [0.5, 0.6) is 0 Å². The summed E-state index contributed by atoms with van der Waals surface area (Å²) >= 11 is 0. The first-order valence-electron chi connectivity index (χ1n) is 15.4. The van der Waals surface area contributed by atoms with Crippen LogP contribution in [0.25, 0.3) is 0 Å². The lowest BCUT2D eigenvalue weighted by Gasteiger charge is -2.45. The molecular weight excluding hydrogens is 472 g/mol. The van der Waals surface area contributed by atoms with Gasteiger partial charge in [0.2, 0.25) is 24.2 Å². The fraction of sp³-hybridized carbons (Fsp3) is 1.00. The number of hydrogen-bond acceptors (Lipinski definition) is 7. The maximum Gasteiger partial charge on any atom is 0.220 e. The van der Waals surface area contributed by atoms with Crippen LogP contribution in [0.3, 0.4) is 0 Å². The molecule has 0 N–H and O–H groups in total. The summed E-state index contributed by atoms with van der Waals surface area (Å²) < 4.78 is 44.9. The predicted molar refractivity (Wildman–Crippen MR) is 151 cm³/mol. The maximum atomic E-state index is 6.77. The first-order chi connectivity index (χ1) is 18.0. The van der Waals surface area contributed by atoms with Crippen molar-refractivity contribution in [2.75, 3.05) is 39.6 Å². The van der Waals surface area contributed by atoms with Gasteiger partial charge in [-0.05, 0) is 53.4 Å². The topological polar surface area (TPSA) is 64.6 Å². The summed E-state index contributed by atoms with van der Waals surface area (Å²) in [4.78, 5) is 0. The van der Waals surface area contributed by atoms with Gasteiger partial charge in [-0.1, -0.05) is 66.2 Å². The van der Waals surface area contributed by atoms with Crippen LogP contribution in [0.4, 0.5) is 0 Å². The fourth-order valence-electron chi connectivity index (χ4n) is 4.56. The van der Waals surface area contributed by atoms with E-state index < -0.39 is 24.2 Å². The molecule has 0 radical (unpaired) electrons. The van der Waals surface area contributed by atoms with Gasteiger partial charge in [-0.3, -0.25) is 0 Å². The van der Waals surface area contributed by atoms with Crippen molar-refractivity contribution < 1.29 is 33.2 Å². The molecular formula is C30H62O7. The van der Waals surface area contributed by atoms with Crippen molar-refractivity contribution in [2.24, 2.45) is 0 Å². The second-order valence-corrected chi connectivity index (χ2v) is 9.52. The van der Waals surface area contributed by atoms with Gasteiger partial charge in [-0.25, -0.2) is 0 Å². The van der Waals surface area contributed by atoms with Crippen LogP contribution in [-0.2, 0) is 33.2 Å². The second kappa shape index (κ2) is 23.6. The van der Waals surface area contributed by atoms with E-state index in [2.05, 4.69) is 27.7 Å². The molecule has 0 rings (SSSR count). The summed E-state index contributed by atoms with van der Waals surface area (Å²) in [5, 5.41) is 0. The molecule has 0 spiro atoms. The molecule has 0 aromatic carbocycles. The molecule has 7 nitrogen and oxygen atoms in total. The highest BCUT2D eigenvalue weighted by Crippen LogP contribution is 2.35. The van der Waals surface area contributed by atoms with Crippen molar-refractivity contribution >= 4 is 0 Å². The van der Waals surface area contributed by atoms with Gasteiger partial charge in [-0.15, -0.1) is 0 Å². The molecule has 7 heteroatoms. The smallest absolute Gasteiger partial charge is 0.220 e. The Balaban J connectivity index is 6.34. The van der Waals surface area contributed by atoms with E-state index in [0.717, 1.165) is 38.5 Å². The lowest BCUT2D eigenvalue weighted by atomic mass is 10.0. The Labute approximate surface area is 229 Å². The molecule has 0 heterocycles. The normalized spacial score (nSPS) is 14.3. The lowest BCUT2D eigenvalue weighted by molar-refractivity contribution is -0.425. The van der Waals surface area contributed by atoms with Crippen molar-refractivity contribution in [2.45, 2.75) is 157 Å². The zero-order chi connectivity index (χ0) is 27.8. The molecule has 2 atom stereocenters. The lowest BCUT2D eigenvalue weighted by Crippen LogP contribution is -2.57.